The molecule has 6 nitrogen and oxygen atoms in total. The van der Waals surface area contributed by atoms with Gasteiger partial charge in [0.1, 0.15) is 5.75 Å². The summed E-state index contributed by atoms with van der Waals surface area (Å²) in [5, 5.41) is 0.564. The monoisotopic (exact) mass is 296 g/mol. The molecule has 0 aliphatic rings. The summed E-state index contributed by atoms with van der Waals surface area (Å²) < 4.78 is 40.5. The molecule has 2 amide bonds. The van der Waals surface area contributed by atoms with Crippen LogP contribution in [0, 0.1) is 0 Å². The molecule has 1 aromatic rings. The predicted octanol–water partition coefficient (Wildman–Crippen LogP) is 1.28. The van der Waals surface area contributed by atoms with Crippen molar-refractivity contribution in [2.75, 3.05) is 5.01 Å². The quantitative estimate of drug-likeness (QED) is 0.292. The molecule has 0 aromatic heterocycles. The van der Waals surface area contributed by atoms with Crippen molar-refractivity contribution in [3.05, 3.63) is 23.8 Å². The van der Waals surface area contributed by atoms with Gasteiger partial charge in [0.15, 0.2) is 0 Å². The van der Waals surface area contributed by atoms with Gasteiger partial charge in [-0.3, -0.25) is 5.43 Å². The number of carbonyl (C=O) groups is 1. The molecule has 1 rings (SSSR count). The topological polar surface area (TPSA) is 93.6 Å². The first kappa shape index (κ1) is 15.4. The Hall–Kier alpha value is -1.65. The van der Waals surface area contributed by atoms with E-state index in [-0.39, 0.29) is 17.0 Å². The molecule has 0 fully saturated rings. The number of nitrogens with zero attached hydrogens (tertiary/aromatic N) is 1. The van der Waals surface area contributed by atoms with E-state index in [1.165, 1.54) is 12.1 Å². The first-order chi connectivity index (χ1) is 8.80. The van der Waals surface area contributed by atoms with Crippen molar-refractivity contribution in [1.82, 2.24) is 5.43 Å². The van der Waals surface area contributed by atoms with Crippen LogP contribution in [0.15, 0.2) is 18.2 Å². The van der Waals surface area contributed by atoms with Crippen LogP contribution in [0.5, 0.6) is 5.75 Å². The molecule has 0 radical (unpaired) electrons. The van der Waals surface area contributed by atoms with Crippen LogP contribution in [-0.4, -0.2) is 12.4 Å². The van der Waals surface area contributed by atoms with Crippen LogP contribution in [0.4, 0.5) is 23.7 Å². The first-order valence-electron chi connectivity index (χ1n) is 4.84. The average Bonchev–Trinajstić information content (AvgIpc) is 2.34. The lowest BCUT2D eigenvalue weighted by Gasteiger charge is -2.21. The maximum atomic E-state index is 12.2. The van der Waals surface area contributed by atoms with Gasteiger partial charge >= 0.3 is 12.4 Å². The van der Waals surface area contributed by atoms with E-state index in [2.05, 4.69) is 17.4 Å². The Morgan fingerprint density at radius 3 is 2.58 bits per heavy atom. The number of urea groups is 1. The molecule has 0 saturated heterocycles. The standard InChI is InChI=1S/C9H11F3N4O2S/c10-9(11,12)18-7-3-1-2-6(5(7)4-19)16(14)8(17)15-13/h1-3,19H,4,13-14H2,(H,15,17). The molecule has 106 valence electrons. The summed E-state index contributed by atoms with van der Waals surface area (Å²) in [6.07, 6.45) is -4.86. The molecule has 0 spiro atoms. The van der Waals surface area contributed by atoms with Crippen LogP contribution in [-0.2, 0) is 5.75 Å². The van der Waals surface area contributed by atoms with Gasteiger partial charge in [-0.25, -0.2) is 21.5 Å². The minimum Gasteiger partial charge on any atom is -0.405 e. The Morgan fingerprint density at radius 2 is 2.11 bits per heavy atom. The van der Waals surface area contributed by atoms with Gasteiger partial charge in [0.05, 0.1) is 5.69 Å². The van der Waals surface area contributed by atoms with Gasteiger partial charge in [-0.2, -0.15) is 12.6 Å². The van der Waals surface area contributed by atoms with Crippen LogP contribution in [0.3, 0.4) is 0 Å². The number of hydrogen-bond donors (Lipinski definition) is 4. The maximum absolute atomic E-state index is 12.2. The Kier molecular flexibility index (Phi) is 4.86. The number of benzene rings is 1. The van der Waals surface area contributed by atoms with Gasteiger partial charge in [-0.1, -0.05) is 6.07 Å². The van der Waals surface area contributed by atoms with Crippen molar-refractivity contribution in [2.24, 2.45) is 11.7 Å². The molecule has 0 unspecified atom stereocenters. The molecule has 1 aromatic carbocycles. The molecule has 10 heteroatoms. The van der Waals surface area contributed by atoms with Crippen molar-refractivity contribution in [2.45, 2.75) is 12.1 Å². The Labute approximate surface area is 111 Å². The lowest BCUT2D eigenvalue weighted by Crippen LogP contribution is -2.48. The van der Waals surface area contributed by atoms with E-state index in [4.69, 9.17) is 11.7 Å². The van der Waals surface area contributed by atoms with Crippen molar-refractivity contribution in [3.8, 4) is 5.75 Å². The molecule has 0 saturated carbocycles. The molecule has 0 atom stereocenters. The zero-order valence-electron chi connectivity index (χ0n) is 9.44. The second kappa shape index (κ2) is 5.99. The molecule has 19 heavy (non-hydrogen) atoms. The first-order valence-corrected chi connectivity index (χ1v) is 5.47. The highest BCUT2D eigenvalue weighted by molar-refractivity contribution is 7.79. The summed E-state index contributed by atoms with van der Waals surface area (Å²) in [6, 6.07) is 2.79. The smallest absolute Gasteiger partial charge is 0.405 e. The predicted molar refractivity (Wildman–Crippen MR) is 65.2 cm³/mol. The van der Waals surface area contributed by atoms with Crippen LogP contribution in [0.1, 0.15) is 5.56 Å². The van der Waals surface area contributed by atoms with Crippen molar-refractivity contribution in [1.29, 1.82) is 0 Å². The van der Waals surface area contributed by atoms with E-state index in [9.17, 15) is 18.0 Å². The summed E-state index contributed by atoms with van der Waals surface area (Å²) in [4.78, 5) is 11.3. The number of carbonyl (C=O) groups excluding carboxylic acids is 1. The SMILES string of the molecule is NNC(=O)N(N)c1cccc(OC(F)(F)F)c1CS. The van der Waals surface area contributed by atoms with Gasteiger partial charge in [-0.15, -0.1) is 13.2 Å². The third-order valence-electron chi connectivity index (χ3n) is 2.09. The molecule has 0 heterocycles. The van der Waals surface area contributed by atoms with E-state index < -0.39 is 18.1 Å². The van der Waals surface area contributed by atoms with Gasteiger partial charge in [0.2, 0.25) is 0 Å². The second-order valence-corrected chi connectivity index (χ2v) is 3.60. The third kappa shape index (κ3) is 3.91. The Balaban J connectivity index is 3.20. The van der Waals surface area contributed by atoms with E-state index in [0.717, 1.165) is 6.07 Å². The van der Waals surface area contributed by atoms with E-state index in [1.807, 2.05) is 0 Å². The fourth-order valence-electron chi connectivity index (χ4n) is 1.34. The highest BCUT2D eigenvalue weighted by Gasteiger charge is 2.32. The van der Waals surface area contributed by atoms with Gasteiger partial charge < -0.3 is 4.74 Å². The normalized spacial score (nSPS) is 11.1. The molecule has 5 N–H and O–H groups in total. The number of rotatable bonds is 3. The maximum Gasteiger partial charge on any atom is 0.573 e. The number of halogens is 3. The number of hydrogen-bond acceptors (Lipinski definition) is 5. The minimum absolute atomic E-state index is 0.000278. The summed E-state index contributed by atoms with van der Waals surface area (Å²) in [5.41, 5.74) is 1.76. The summed E-state index contributed by atoms with van der Waals surface area (Å²) in [7, 11) is 0. The second-order valence-electron chi connectivity index (χ2n) is 3.28. The molecule has 0 aliphatic carbocycles. The van der Waals surface area contributed by atoms with E-state index >= 15 is 0 Å². The number of hydrazine groups is 2. The van der Waals surface area contributed by atoms with Crippen LogP contribution in [0.2, 0.25) is 0 Å². The van der Waals surface area contributed by atoms with Gasteiger partial charge in [0.25, 0.3) is 0 Å². The fourth-order valence-corrected chi connectivity index (χ4v) is 1.66. The lowest BCUT2D eigenvalue weighted by atomic mass is 10.1. The number of ether oxygens (including phenoxy) is 1. The number of nitrogens with two attached hydrogens (primary N) is 2. The average molecular weight is 296 g/mol. The lowest BCUT2D eigenvalue weighted by molar-refractivity contribution is -0.274. The summed E-state index contributed by atoms with van der Waals surface area (Å²) in [6.45, 7) is 0. The summed E-state index contributed by atoms with van der Waals surface area (Å²) in [5.74, 6) is 9.71. The van der Waals surface area contributed by atoms with Gasteiger partial charge in [-0.05, 0) is 12.1 Å². The van der Waals surface area contributed by atoms with Crippen LogP contribution in [0.25, 0.3) is 0 Å². The number of nitrogens with one attached hydrogen (secondary N) is 1. The van der Waals surface area contributed by atoms with Crippen molar-refractivity contribution < 1.29 is 22.7 Å². The highest BCUT2D eigenvalue weighted by Crippen LogP contribution is 2.33. The van der Waals surface area contributed by atoms with Crippen molar-refractivity contribution >= 4 is 24.3 Å². The molecular formula is C9H11F3N4O2S. The van der Waals surface area contributed by atoms with Gasteiger partial charge in [0, 0.05) is 11.3 Å². The molecular weight excluding hydrogens is 285 g/mol. The summed E-state index contributed by atoms with van der Waals surface area (Å²) >= 11 is 3.90. The molecule has 0 bridgehead atoms. The zero-order chi connectivity index (χ0) is 14.6. The highest BCUT2D eigenvalue weighted by atomic mass is 32.1. The fraction of sp³-hybridized carbons (Fsp3) is 0.222. The number of amides is 2. The minimum atomic E-state index is -4.86. The van der Waals surface area contributed by atoms with E-state index in [0.29, 0.717) is 5.01 Å². The molecule has 0 aliphatic heterocycles. The number of anilines is 1. The largest absolute Gasteiger partial charge is 0.573 e. The Bertz CT molecular complexity index is 469. The third-order valence-corrected chi connectivity index (χ3v) is 2.41. The Morgan fingerprint density at radius 1 is 1.47 bits per heavy atom. The number of thiol groups is 1. The zero-order valence-corrected chi connectivity index (χ0v) is 10.3. The van der Waals surface area contributed by atoms with Crippen molar-refractivity contribution in [3.63, 3.8) is 0 Å². The van der Waals surface area contributed by atoms with Crippen LogP contribution < -0.4 is 26.9 Å². The van der Waals surface area contributed by atoms with E-state index in [1.54, 1.807) is 5.43 Å². The number of alkyl halides is 3. The van der Waals surface area contributed by atoms with Crippen LogP contribution >= 0.6 is 12.6 Å².